The Hall–Kier alpha value is -3.89. The fraction of sp³-hybridized carbons (Fsp3) is 0.222. The fourth-order valence-electron chi connectivity index (χ4n) is 3.41. The average Bonchev–Trinajstić information content (AvgIpc) is 3.20. The van der Waals surface area contributed by atoms with Crippen molar-refractivity contribution in [3.8, 4) is 0 Å². The molecule has 11 heteroatoms. The van der Waals surface area contributed by atoms with Crippen LogP contribution in [0.4, 0.5) is 10.5 Å². The first kappa shape index (κ1) is 27.2. The first-order valence-corrected chi connectivity index (χ1v) is 12.9. The van der Waals surface area contributed by atoms with E-state index in [1.165, 1.54) is 11.8 Å². The van der Waals surface area contributed by atoms with Gasteiger partial charge in [0.05, 0.1) is 21.1 Å². The summed E-state index contributed by atoms with van der Waals surface area (Å²) in [7, 11) is 0. The van der Waals surface area contributed by atoms with Gasteiger partial charge in [-0.1, -0.05) is 29.8 Å². The number of pyridine rings is 1. The first-order chi connectivity index (χ1) is 18.1. The van der Waals surface area contributed by atoms with Gasteiger partial charge in [-0.3, -0.25) is 14.6 Å². The number of alkyl carbamates (subject to hydrolysis) is 1. The van der Waals surface area contributed by atoms with Crippen LogP contribution in [0.15, 0.2) is 64.6 Å². The molecule has 1 aliphatic rings. The zero-order chi connectivity index (χ0) is 27.3. The first-order valence-electron chi connectivity index (χ1n) is 11.7. The third-order valence-corrected chi connectivity index (χ3v) is 6.32. The van der Waals surface area contributed by atoms with Crippen molar-refractivity contribution >= 4 is 69.1 Å². The van der Waals surface area contributed by atoms with Gasteiger partial charge in [0.1, 0.15) is 12.1 Å². The topological polar surface area (TPSA) is 122 Å². The maximum absolute atomic E-state index is 12.5. The molecular weight excluding hydrogens is 526 g/mol. The second kappa shape index (κ2) is 11.7. The zero-order valence-electron chi connectivity index (χ0n) is 21.0. The van der Waals surface area contributed by atoms with E-state index in [0.29, 0.717) is 20.8 Å². The Labute approximate surface area is 229 Å². The minimum absolute atomic E-state index is 0.200. The van der Waals surface area contributed by atoms with Crippen LogP contribution in [0, 0.1) is 0 Å². The van der Waals surface area contributed by atoms with E-state index in [4.69, 9.17) is 16.3 Å². The predicted molar refractivity (Wildman–Crippen MR) is 150 cm³/mol. The molecule has 0 aliphatic carbocycles. The third kappa shape index (κ3) is 7.56. The van der Waals surface area contributed by atoms with Crippen molar-refractivity contribution in [2.75, 3.05) is 6.54 Å². The van der Waals surface area contributed by atoms with Gasteiger partial charge in [-0.25, -0.2) is 9.79 Å². The van der Waals surface area contributed by atoms with Gasteiger partial charge in [0.2, 0.25) is 5.91 Å². The molecule has 0 spiro atoms. The highest BCUT2D eigenvalue weighted by Gasteiger charge is 2.24. The normalized spacial score (nSPS) is 15.5. The number of aromatic nitrogens is 1. The molecule has 3 aromatic rings. The molecule has 0 saturated carbocycles. The number of nitrogens with zero attached hydrogens (tertiary/aromatic N) is 2. The largest absolute Gasteiger partial charge is 0.444 e. The Kier molecular flexibility index (Phi) is 8.33. The van der Waals surface area contributed by atoms with E-state index in [9.17, 15) is 14.4 Å². The van der Waals surface area contributed by atoms with Crippen molar-refractivity contribution in [3.05, 3.63) is 75.8 Å². The summed E-state index contributed by atoms with van der Waals surface area (Å²) in [6.45, 7) is 5.20. The number of rotatable bonds is 6. The van der Waals surface area contributed by atoms with Crippen LogP contribution in [-0.2, 0) is 20.9 Å². The van der Waals surface area contributed by atoms with Gasteiger partial charge in [0.25, 0.3) is 5.91 Å². The molecule has 2 heterocycles. The lowest BCUT2D eigenvalue weighted by atomic mass is 10.1. The number of carbonyl (C=O) groups is 3. The summed E-state index contributed by atoms with van der Waals surface area (Å²) >= 11 is 7.55. The Morgan fingerprint density at radius 1 is 1.16 bits per heavy atom. The zero-order valence-corrected chi connectivity index (χ0v) is 22.6. The van der Waals surface area contributed by atoms with Crippen molar-refractivity contribution in [2.24, 2.45) is 4.99 Å². The number of aliphatic imine (C=N–C) groups is 1. The van der Waals surface area contributed by atoms with E-state index in [-0.39, 0.29) is 24.9 Å². The highest BCUT2D eigenvalue weighted by atomic mass is 35.5. The monoisotopic (exact) mass is 551 g/mol. The van der Waals surface area contributed by atoms with E-state index in [1.807, 2.05) is 30.3 Å². The molecule has 1 saturated heterocycles. The number of fused-ring (bicyclic) bond motifs is 1. The van der Waals surface area contributed by atoms with Crippen LogP contribution in [-0.4, -0.2) is 40.2 Å². The van der Waals surface area contributed by atoms with Crippen molar-refractivity contribution < 1.29 is 19.1 Å². The highest BCUT2D eigenvalue weighted by Crippen LogP contribution is 2.32. The molecule has 0 bridgehead atoms. The number of hydrogen-bond acceptors (Lipinski definition) is 7. The van der Waals surface area contributed by atoms with E-state index in [2.05, 4.69) is 25.9 Å². The van der Waals surface area contributed by atoms with Gasteiger partial charge in [-0.15, -0.1) is 0 Å². The second-order valence-corrected chi connectivity index (χ2v) is 10.8. The van der Waals surface area contributed by atoms with Gasteiger partial charge in [0.15, 0.2) is 5.17 Å². The van der Waals surface area contributed by atoms with E-state index in [0.717, 1.165) is 22.0 Å². The predicted octanol–water partition coefficient (Wildman–Crippen LogP) is 4.92. The van der Waals surface area contributed by atoms with Crippen LogP contribution in [0.3, 0.4) is 0 Å². The summed E-state index contributed by atoms with van der Waals surface area (Å²) in [5, 5.41) is 9.67. The van der Waals surface area contributed by atoms with Gasteiger partial charge < -0.3 is 20.7 Å². The molecule has 2 aromatic carbocycles. The van der Waals surface area contributed by atoms with Gasteiger partial charge in [-0.05, 0) is 80.1 Å². The standard InChI is InChI=1S/C27H26ClN5O4S/c1-27(2,3)37-26(36)31-15-23(34)30-14-17-6-8-19(28)21(12-17)32-25-33-24(35)22(38-25)13-16-7-9-20-18(11-16)5-4-10-29-20/h4-13H,14-15H2,1-3H3,(H,30,34)(H,31,36)(H,32,33,35)/b22-13+. The van der Waals surface area contributed by atoms with E-state index >= 15 is 0 Å². The van der Waals surface area contributed by atoms with Gasteiger partial charge in [0, 0.05) is 18.1 Å². The number of thioether (sulfide) groups is 1. The van der Waals surface area contributed by atoms with Crippen LogP contribution >= 0.6 is 23.4 Å². The fourth-order valence-corrected chi connectivity index (χ4v) is 4.40. The number of halogens is 1. The summed E-state index contributed by atoms with van der Waals surface area (Å²) in [5.41, 5.74) is 2.30. The number of benzene rings is 2. The van der Waals surface area contributed by atoms with Crippen LogP contribution < -0.4 is 16.0 Å². The molecular formula is C27H26ClN5O4S. The number of carbonyl (C=O) groups excluding carboxylic acids is 3. The number of hydrogen-bond donors (Lipinski definition) is 3. The highest BCUT2D eigenvalue weighted by molar-refractivity contribution is 8.18. The number of ether oxygens (including phenoxy) is 1. The molecule has 0 unspecified atom stereocenters. The maximum Gasteiger partial charge on any atom is 0.408 e. The smallest absolute Gasteiger partial charge is 0.408 e. The van der Waals surface area contributed by atoms with Crippen molar-refractivity contribution in [3.63, 3.8) is 0 Å². The molecule has 9 nitrogen and oxygen atoms in total. The minimum Gasteiger partial charge on any atom is -0.444 e. The molecule has 1 aliphatic heterocycles. The van der Waals surface area contributed by atoms with Crippen molar-refractivity contribution in [1.82, 2.24) is 20.9 Å². The maximum atomic E-state index is 12.5. The van der Waals surface area contributed by atoms with Gasteiger partial charge >= 0.3 is 6.09 Å². The molecule has 1 aromatic heterocycles. The van der Waals surface area contributed by atoms with Crippen molar-refractivity contribution in [2.45, 2.75) is 32.9 Å². The van der Waals surface area contributed by atoms with Crippen LogP contribution in [0.1, 0.15) is 31.9 Å². The molecule has 3 N–H and O–H groups in total. The Balaban J connectivity index is 1.38. The second-order valence-electron chi connectivity index (χ2n) is 9.36. The van der Waals surface area contributed by atoms with E-state index < -0.39 is 11.7 Å². The van der Waals surface area contributed by atoms with Crippen molar-refractivity contribution in [1.29, 1.82) is 0 Å². The summed E-state index contributed by atoms with van der Waals surface area (Å²) < 4.78 is 5.11. The molecule has 196 valence electrons. The quantitative estimate of drug-likeness (QED) is 0.374. The Bertz CT molecular complexity index is 1470. The molecule has 3 amide bonds. The summed E-state index contributed by atoms with van der Waals surface area (Å²) in [5.74, 6) is -0.631. The number of amides is 3. The molecule has 4 rings (SSSR count). The lowest BCUT2D eigenvalue weighted by molar-refractivity contribution is -0.120. The van der Waals surface area contributed by atoms with E-state index in [1.54, 1.807) is 51.2 Å². The summed E-state index contributed by atoms with van der Waals surface area (Å²) in [6.07, 6.45) is 2.87. The van der Waals surface area contributed by atoms with Crippen LogP contribution in [0.2, 0.25) is 5.02 Å². The number of nitrogens with one attached hydrogen (secondary N) is 3. The lowest BCUT2D eigenvalue weighted by Crippen LogP contribution is -2.39. The molecule has 0 atom stereocenters. The van der Waals surface area contributed by atoms with Gasteiger partial charge in [-0.2, -0.15) is 0 Å². The SMILES string of the molecule is CC(C)(C)OC(=O)NCC(=O)NCc1ccc(Cl)c(N=C2NC(=O)/C(=C\c3ccc4ncccc4c3)S2)c1. The molecule has 0 radical (unpaired) electrons. The third-order valence-electron chi connectivity index (χ3n) is 5.09. The average molecular weight is 552 g/mol. The molecule has 1 fully saturated rings. The lowest BCUT2D eigenvalue weighted by Gasteiger charge is -2.19. The minimum atomic E-state index is -0.667. The van der Waals surface area contributed by atoms with Crippen LogP contribution in [0.25, 0.3) is 17.0 Å². The van der Waals surface area contributed by atoms with Crippen LogP contribution in [0.5, 0.6) is 0 Å². The Morgan fingerprint density at radius 3 is 2.76 bits per heavy atom. The molecule has 38 heavy (non-hydrogen) atoms. The summed E-state index contributed by atoms with van der Waals surface area (Å²) in [6, 6.07) is 14.8. The summed E-state index contributed by atoms with van der Waals surface area (Å²) in [4.78, 5) is 45.7. The number of amidine groups is 1. The Morgan fingerprint density at radius 2 is 1.97 bits per heavy atom.